The van der Waals surface area contributed by atoms with Crippen LogP contribution in [0.5, 0.6) is 0 Å². The molecule has 3 heterocycles. The molecular weight excluding hydrogens is 354 g/mol. The summed E-state index contributed by atoms with van der Waals surface area (Å²) in [5, 5.41) is 1.55. The molecule has 0 aliphatic carbocycles. The summed E-state index contributed by atoms with van der Waals surface area (Å²) in [5.41, 5.74) is 3.86. The first kappa shape index (κ1) is 16.4. The number of aromatic nitrogens is 5. The summed E-state index contributed by atoms with van der Waals surface area (Å²) in [4.78, 5) is 31.8. The number of carbonyl (C=O) groups excluding carboxylic acids is 1. The highest BCUT2D eigenvalue weighted by molar-refractivity contribution is 6.31. The summed E-state index contributed by atoms with van der Waals surface area (Å²) in [6, 6.07) is 5.54. The molecule has 0 saturated carbocycles. The molecule has 0 spiro atoms. The molecule has 0 aliphatic heterocycles. The molecule has 130 valence electrons. The fraction of sp³-hybridized carbons (Fsp3) is 0.167. The minimum Gasteiger partial charge on any atom is -0.459 e. The minimum absolute atomic E-state index is 0.117. The SMILES string of the molecule is CC(=O)OCc1cnc(Cc2nc3c(cnc4ccc(Cl)cc43)[nH]2)cn1. The van der Waals surface area contributed by atoms with E-state index in [-0.39, 0.29) is 12.6 Å². The lowest BCUT2D eigenvalue weighted by molar-refractivity contribution is -0.142. The molecule has 0 bridgehead atoms. The molecule has 0 amide bonds. The Hall–Kier alpha value is -3.06. The topological polar surface area (TPSA) is 93.6 Å². The minimum atomic E-state index is -0.348. The molecule has 1 aromatic carbocycles. The lowest BCUT2D eigenvalue weighted by atomic mass is 10.2. The fourth-order valence-corrected chi connectivity index (χ4v) is 2.83. The maximum atomic E-state index is 10.8. The van der Waals surface area contributed by atoms with E-state index in [1.54, 1.807) is 18.6 Å². The lowest BCUT2D eigenvalue weighted by Gasteiger charge is -2.02. The van der Waals surface area contributed by atoms with Gasteiger partial charge in [-0.3, -0.25) is 19.7 Å². The van der Waals surface area contributed by atoms with E-state index in [4.69, 9.17) is 16.3 Å². The third-order valence-corrected chi connectivity index (χ3v) is 4.09. The van der Waals surface area contributed by atoms with Crippen LogP contribution in [0.4, 0.5) is 0 Å². The number of benzene rings is 1. The number of nitrogens with zero attached hydrogens (tertiary/aromatic N) is 4. The van der Waals surface area contributed by atoms with Crippen molar-refractivity contribution in [1.29, 1.82) is 0 Å². The molecule has 4 aromatic rings. The molecule has 0 radical (unpaired) electrons. The number of rotatable bonds is 4. The number of hydrogen-bond acceptors (Lipinski definition) is 6. The van der Waals surface area contributed by atoms with Gasteiger partial charge in [0, 0.05) is 30.0 Å². The molecule has 3 aromatic heterocycles. The zero-order valence-electron chi connectivity index (χ0n) is 13.9. The second-order valence-corrected chi connectivity index (χ2v) is 6.26. The van der Waals surface area contributed by atoms with Crippen molar-refractivity contribution in [2.75, 3.05) is 0 Å². The predicted molar refractivity (Wildman–Crippen MR) is 96.7 cm³/mol. The number of imidazole rings is 1. The molecule has 0 saturated heterocycles. The van der Waals surface area contributed by atoms with Gasteiger partial charge in [0.05, 0.1) is 40.3 Å². The lowest BCUT2D eigenvalue weighted by Crippen LogP contribution is -2.03. The zero-order valence-corrected chi connectivity index (χ0v) is 14.6. The van der Waals surface area contributed by atoms with Gasteiger partial charge in [0.2, 0.25) is 0 Å². The molecular formula is C18H14ClN5O2. The van der Waals surface area contributed by atoms with Crippen LogP contribution in [0.3, 0.4) is 0 Å². The van der Waals surface area contributed by atoms with Crippen LogP contribution in [0.25, 0.3) is 21.9 Å². The Kier molecular flexibility index (Phi) is 4.22. The van der Waals surface area contributed by atoms with Crippen molar-refractivity contribution in [2.24, 2.45) is 0 Å². The zero-order chi connectivity index (χ0) is 18.1. The molecule has 0 atom stereocenters. The van der Waals surface area contributed by atoms with E-state index < -0.39 is 0 Å². The van der Waals surface area contributed by atoms with Crippen LogP contribution >= 0.6 is 11.6 Å². The van der Waals surface area contributed by atoms with Gasteiger partial charge in [-0.15, -0.1) is 0 Å². The van der Waals surface area contributed by atoms with Crippen LogP contribution in [-0.4, -0.2) is 30.9 Å². The van der Waals surface area contributed by atoms with Crippen LogP contribution in [0.2, 0.25) is 5.02 Å². The second kappa shape index (κ2) is 6.68. The monoisotopic (exact) mass is 367 g/mol. The first-order valence-corrected chi connectivity index (χ1v) is 8.32. The van der Waals surface area contributed by atoms with Gasteiger partial charge in [0.25, 0.3) is 0 Å². The summed E-state index contributed by atoms with van der Waals surface area (Å²) in [5.74, 6) is 0.412. The Morgan fingerprint density at radius 1 is 1.15 bits per heavy atom. The van der Waals surface area contributed by atoms with Gasteiger partial charge in [-0.25, -0.2) is 4.98 Å². The van der Waals surface area contributed by atoms with Gasteiger partial charge < -0.3 is 9.72 Å². The fourth-order valence-electron chi connectivity index (χ4n) is 2.66. The van der Waals surface area contributed by atoms with Crippen LogP contribution in [0.1, 0.15) is 24.1 Å². The van der Waals surface area contributed by atoms with E-state index in [1.165, 1.54) is 6.92 Å². The normalized spacial score (nSPS) is 11.2. The highest BCUT2D eigenvalue weighted by Crippen LogP contribution is 2.25. The molecule has 8 heteroatoms. The Bertz CT molecular complexity index is 1110. The van der Waals surface area contributed by atoms with Gasteiger partial charge in [0.15, 0.2) is 0 Å². The van der Waals surface area contributed by atoms with Gasteiger partial charge >= 0.3 is 5.97 Å². The summed E-state index contributed by atoms with van der Waals surface area (Å²) < 4.78 is 4.90. The van der Waals surface area contributed by atoms with Crippen molar-refractivity contribution < 1.29 is 9.53 Å². The summed E-state index contributed by atoms with van der Waals surface area (Å²) in [6.07, 6.45) is 5.50. The van der Waals surface area contributed by atoms with Crippen molar-refractivity contribution in [3.63, 3.8) is 0 Å². The van der Waals surface area contributed by atoms with E-state index >= 15 is 0 Å². The molecule has 26 heavy (non-hydrogen) atoms. The van der Waals surface area contributed by atoms with Crippen LogP contribution < -0.4 is 0 Å². The molecule has 4 rings (SSSR count). The average molecular weight is 368 g/mol. The first-order valence-electron chi connectivity index (χ1n) is 7.94. The van der Waals surface area contributed by atoms with Crippen molar-refractivity contribution in [3.8, 4) is 0 Å². The summed E-state index contributed by atoms with van der Waals surface area (Å²) in [7, 11) is 0. The Morgan fingerprint density at radius 2 is 1.96 bits per heavy atom. The number of fused-ring (bicyclic) bond motifs is 3. The Morgan fingerprint density at radius 3 is 2.73 bits per heavy atom. The van der Waals surface area contributed by atoms with Gasteiger partial charge in [-0.05, 0) is 18.2 Å². The number of pyridine rings is 1. The molecule has 0 unspecified atom stereocenters. The van der Waals surface area contributed by atoms with Gasteiger partial charge in [0.1, 0.15) is 12.4 Å². The number of carbonyl (C=O) groups is 1. The molecule has 7 nitrogen and oxygen atoms in total. The van der Waals surface area contributed by atoms with Crippen LogP contribution in [-0.2, 0) is 22.6 Å². The van der Waals surface area contributed by atoms with Gasteiger partial charge in [-0.2, -0.15) is 0 Å². The van der Waals surface area contributed by atoms with E-state index in [9.17, 15) is 4.79 Å². The maximum absolute atomic E-state index is 10.8. The standard InChI is InChI=1S/C18H14ClN5O2/c1-10(25)26-9-13-7-20-12(6-21-13)5-17-23-16-8-22-15-3-2-11(19)4-14(15)18(16)24-17/h2-4,6-8H,5,9H2,1H3,(H,23,24). The predicted octanol–water partition coefficient (Wildman–Crippen LogP) is 3.21. The highest BCUT2D eigenvalue weighted by Gasteiger charge is 2.10. The third kappa shape index (κ3) is 3.34. The quantitative estimate of drug-likeness (QED) is 0.557. The van der Waals surface area contributed by atoms with Crippen LogP contribution in [0, 0.1) is 0 Å². The smallest absolute Gasteiger partial charge is 0.303 e. The highest BCUT2D eigenvalue weighted by atomic mass is 35.5. The summed E-state index contributed by atoms with van der Waals surface area (Å²) in [6.45, 7) is 1.47. The van der Waals surface area contributed by atoms with Gasteiger partial charge in [-0.1, -0.05) is 11.6 Å². The van der Waals surface area contributed by atoms with Crippen molar-refractivity contribution in [1.82, 2.24) is 24.9 Å². The molecule has 0 fully saturated rings. The number of aromatic amines is 1. The second-order valence-electron chi connectivity index (χ2n) is 5.82. The van der Waals surface area contributed by atoms with Crippen molar-refractivity contribution in [2.45, 2.75) is 20.0 Å². The first-order chi connectivity index (χ1) is 12.6. The molecule has 1 N–H and O–H groups in total. The number of ether oxygens (including phenoxy) is 1. The number of nitrogens with one attached hydrogen (secondary N) is 1. The van der Waals surface area contributed by atoms with Crippen molar-refractivity contribution >= 4 is 39.5 Å². The summed E-state index contributed by atoms with van der Waals surface area (Å²) >= 11 is 6.10. The van der Waals surface area contributed by atoms with Crippen LogP contribution in [0.15, 0.2) is 36.8 Å². The van der Waals surface area contributed by atoms with E-state index in [0.717, 1.165) is 33.5 Å². The maximum Gasteiger partial charge on any atom is 0.303 e. The largest absolute Gasteiger partial charge is 0.459 e. The Balaban J connectivity index is 1.60. The number of hydrogen-bond donors (Lipinski definition) is 1. The average Bonchev–Trinajstić information content (AvgIpc) is 3.04. The molecule has 0 aliphatic rings. The van der Waals surface area contributed by atoms with Crippen molar-refractivity contribution in [3.05, 3.63) is 59.0 Å². The van der Waals surface area contributed by atoms with E-state index in [1.807, 2.05) is 18.2 Å². The number of H-pyrrole nitrogens is 1. The number of esters is 1. The van der Waals surface area contributed by atoms with E-state index in [0.29, 0.717) is 17.1 Å². The van der Waals surface area contributed by atoms with E-state index in [2.05, 4.69) is 24.9 Å². The Labute approximate surface area is 153 Å². The number of halogens is 1. The third-order valence-electron chi connectivity index (χ3n) is 3.86.